The molecule has 1 aliphatic rings. The average molecular weight is 257 g/mol. The van der Waals surface area contributed by atoms with Gasteiger partial charge in [0.05, 0.1) is 11.6 Å². The second-order valence-corrected chi connectivity index (χ2v) is 4.89. The summed E-state index contributed by atoms with van der Waals surface area (Å²) in [4.78, 5) is 15.6. The van der Waals surface area contributed by atoms with Crippen molar-refractivity contribution in [3.8, 4) is 11.3 Å². The van der Waals surface area contributed by atoms with E-state index in [2.05, 4.69) is 4.98 Å². The molecule has 0 spiro atoms. The Morgan fingerprint density at radius 2 is 2.11 bits per heavy atom. The van der Waals surface area contributed by atoms with Gasteiger partial charge in [0, 0.05) is 30.4 Å². The van der Waals surface area contributed by atoms with Crippen LogP contribution in [0.1, 0.15) is 12.2 Å². The zero-order valence-electron chi connectivity index (χ0n) is 10.4. The van der Waals surface area contributed by atoms with Crippen LogP contribution in [0, 0.1) is 5.92 Å². The van der Waals surface area contributed by atoms with Gasteiger partial charge in [0.15, 0.2) is 0 Å². The van der Waals surface area contributed by atoms with Crippen molar-refractivity contribution in [2.24, 2.45) is 5.92 Å². The van der Waals surface area contributed by atoms with Crippen molar-refractivity contribution in [2.75, 3.05) is 5.73 Å². The number of aliphatic carboxylic acids is 1. The number of carboxylic acids is 1. The topological polar surface area (TPSA) is 81.1 Å². The lowest BCUT2D eigenvalue weighted by Gasteiger charge is -2.19. The largest absolute Gasteiger partial charge is 0.481 e. The minimum atomic E-state index is -0.733. The zero-order chi connectivity index (χ0) is 13.4. The molecule has 0 amide bonds. The monoisotopic (exact) mass is 257 g/mol. The van der Waals surface area contributed by atoms with Gasteiger partial charge in [-0.2, -0.15) is 0 Å². The Bertz CT molecular complexity index is 616. The van der Waals surface area contributed by atoms with E-state index in [9.17, 15) is 4.79 Å². The van der Waals surface area contributed by atoms with E-state index in [1.807, 2.05) is 35.0 Å². The smallest absolute Gasteiger partial charge is 0.307 e. The Kier molecular flexibility index (Phi) is 2.74. The lowest BCUT2D eigenvalue weighted by atomic mass is 9.98. The Labute approximate surface area is 110 Å². The van der Waals surface area contributed by atoms with Crippen LogP contribution >= 0.6 is 0 Å². The van der Waals surface area contributed by atoms with Crippen molar-refractivity contribution < 1.29 is 9.90 Å². The van der Waals surface area contributed by atoms with Gasteiger partial charge in [-0.05, 0) is 18.6 Å². The molecular weight excluding hydrogens is 242 g/mol. The van der Waals surface area contributed by atoms with Crippen molar-refractivity contribution in [3.63, 3.8) is 0 Å². The lowest BCUT2D eigenvalue weighted by molar-refractivity contribution is -0.142. The zero-order valence-corrected chi connectivity index (χ0v) is 10.4. The van der Waals surface area contributed by atoms with Crippen LogP contribution in [0.25, 0.3) is 11.3 Å². The van der Waals surface area contributed by atoms with Gasteiger partial charge >= 0.3 is 5.97 Å². The molecule has 1 atom stereocenters. The Balaban J connectivity index is 1.91. The van der Waals surface area contributed by atoms with E-state index in [0.717, 1.165) is 22.8 Å². The molecule has 0 saturated heterocycles. The number of hydrogen-bond donors (Lipinski definition) is 2. The summed E-state index contributed by atoms with van der Waals surface area (Å²) in [5.74, 6) is -0.192. The number of fused-ring (bicyclic) bond motifs is 1. The molecule has 0 bridgehead atoms. The third-order valence-corrected chi connectivity index (χ3v) is 3.56. The van der Waals surface area contributed by atoms with Gasteiger partial charge in [-0.3, -0.25) is 4.79 Å². The molecular formula is C14H15N3O2. The van der Waals surface area contributed by atoms with Gasteiger partial charge in [-0.15, -0.1) is 0 Å². The summed E-state index contributed by atoms with van der Waals surface area (Å²) in [7, 11) is 0. The number of anilines is 1. The molecule has 0 radical (unpaired) electrons. The van der Waals surface area contributed by atoms with E-state index in [0.29, 0.717) is 19.4 Å². The summed E-state index contributed by atoms with van der Waals surface area (Å²) in [6, 6.07) is 7.54. The second-order valence-electron chi connectivity index (χ2n) is 4.89. The maximum absolute atomic E-state index is 11.0. The number of carbonyl (C=O) groups is 1. The van der Waals surface area contributed by atoms with Crippen LogP contribution in [0.3, 0.4) is 0 Å². The summed E-state index contributed by atoms with van der Waals surface area (Å²) >= 11 is 0. The predicted molar refractivity (Wildman–Crippen MR) is 71.5 cm³/mol. The van der Waals surface area contributed by atoms with Crippen molar-refractivity contribution in [1.29, 1.82) is 0 Å². The number of rotatable bonds is 2. The minimum Gasteiger partial charge on any atom is -0.481 e. The van der Waals surface area contributed by atoms with Crippen LogP contribution in [0.5, 0.6) is 0 Å². The van der Waals surface area contributed by atoms with Crippen molar-refractivity contribution in [3.05, 3.63) is 36.3 Å². The number of nitrogens with zero attached hydrogens (tertiary/aromatic N) is 2. The van der Waals surface area contributed by atoms with Crippen molar-refractivity contribution in [1.82, 2.24) is 9.55 Å². The van der Waals surface area contributed by atoms with Crippen LogP contribution in [-0.4, -0.2) is 20.6 Å². The molecule has 1 aromatic carbocycles. The summed E-state index contributed by atoms with van der Waals surface area (Å²) in [6.07, 6.45) is 3.16. The van der Waals surface area contributed by atoms with Crippen molar-refractivity contribution >= 4 is 11.7 Å². The quantitative estimate of drug-likeness (QED) is 0.803. The van der Waals surface area contributed by atoms with Crippen molar-refractivity contribution in [2.45, 2.75) is 19.4 Å². The molecule has 3 N–H and O–H groups in total. The van der Waals surface area contributed by atoms with Gasteiger partial charge in [0.2, 0.25) is 0 Å². The number of carboxylic acid groups (broad SMARTS) is 1. The average Bonchev–Trinajstić information content (AvgIpc) is 2.82. The highest BCUT2D eigenvalue weighted by molar-refractivity contribution is 5.70. The third-order valence-electron chi connectivity index (χ3n) is 3.56. The van der Waals surface area contributed by atoms with Crippen LogP contribution in [0.2, 0.25) is 0 Å². The molecule has 0 saturated carbocycles. The van der Waals surface area contributed by atoms with E-state index >= 15 is 0 Å². The van der Waals surface area contributed by atoms with Crippen LogP contribution in [-0.2, 0) is 17.8 Å². The molecule has 1 aromatic heterocycles. The minimum absolute atomic E-state index is 0.311. The first-order valence-corrected chi connectivity index (χ1v) is 6.28. The Morgan fingerprint density at radius 3 is 2.79 bits per heavy atom. The molecule has 5 heteroatoms. The normalized spacial score (nSPS) is 18.0. The van der Waals surface area contributed by atoms with E-state index in [1.54, 1.807) is 0 Å². The predicted octanol–water partition coefficient (Wildman–Crippen LogP) is 1.78. The number of benzene rings is 1. The van der Waals surface area contributed by atoms with Gasteiger partial charge in [-0.25, -0.2) is 4.98 Å². The fourth-order valence-electron chi connectivity index (χ4n) is 2.43. The summed E-state index contributed by atoms with van der Waals surface area (Å²) in [5.41, 5.74) is 8.26. The molecule has 1 unspecified atom stereocenters. The van der Waals surface area contributed by atoms with Crippen LogP contribution < -0.4 is 5.73 Å². The highest BCUT2D eigenvalue weighted by atomic mass is 16.4. The van der Waals surface area contributed by atoms with E-state index in [1.165, 1.54) is 0 Å². The van der Waals surface area contributed by atoms with E-state index in [-0.39, 0.29) is 5.92 Å². The number of aromatic nitrogens is 2. The maximum atomic E-state index is 11.0. The number of nitrogen functional groups attached to an aromatic ring is 1. The number of aryl methyl sites for hydroxylation is 1. The van der Waals surface area contributed by atoms with Gasteiger partial charge in [0.1, 0.15) is 5.82 Å². The first kappa shape index (κ1) is 11.8. The maximum Gasteiger partial charge on any atom is 0.307 e. The molecule has 98 valence electrons. The Morgan fingerprint density at radius 1 is 1.37 bits per heavy atom. The SMILES string of the molecule is Nc1ccc(-c2cn3c(n2)CC(C(=O)O)CC3)cc1. The highest BCUT2D eigenvalue weighted by Crippen LogP contribution is 2.25. The van der Waals surface area contributed by atoms with Gasteiger partial charge in [0.25, 0.3) is 0 Å². The van der Waals surface area contributed by atoms with Gasteiger partial charge < -0.3 is 15.4 Å². The number of hydrogen-bond acceptors (Lipinski definition) is 3. The standard InChI is InChI=1S/C14H15N3O2/c15-11-3-1-9(2-4-11)12-8-17-6-5-10(14(18)19)7-13(17)16-12/h1-4,8,10H,5-7,15H2,(H,18,19). The molecule has 2 aromatic rings. The van der Waals surface area contributed by atoms with Crippen LogP contribution in [0.4, 0.5) is 5.69 Å². The van der Waals surface area contributed by atoms with Crippen LogP contribution in [0.15, 0.2) is 30.5 Å². The molecule has 1 aliphatic heterocycles. The molecule has 19 heavy (non-hydrogen) atoms. The summed E-state index contributed by atoms with van der Waals surface area (Å²) < 4.78 is 2.05. The molecule has 3 rings (SSSR count). The second kappa shape index (κ2) is 4.42. The fraction of sp³-hybridized carbons (Fsp3) is 0.286. The number of imidazole rings is 1. The van der Waals surface area contributed by atoms with E-state index in [4.69, 9.17) is 10.8 Å². The molecule has 0 fully saturated rings. The third kappa shape index (κ3) is 2.19. The fourth-order valence-corrected chi connectivity index (χ4v) is 2.43. The molecule has 0 aliphatic carbocycles. The molecule has 2 heterocycles. The van der Waals surface area contributed by atoms with E-state index < -0.39 is 5.97 Å². The number of nitrogens with two attached hydrogens (primary N) is 1. The first-order chi connectivity index (χ1) is 9.13. The summed E-state index contributed by atoms with van der Waals surface area (Å²) in [6.45, 7) is 0.717. The lowest BCUT2D eigenvalue weighted by Crippen LogP contribution is -2.25. The van der Waals surface area contributed by atoms with Gasteiger partial charge in [-0.1, -0.05) is 12.1 Å². The molecule has 5 nitrogen and oxygen atoms in total. The Hall–Kier alpha value is -2.30. The highest BCUT2D eigenvalue weighted by Gasteiger charge is 2.25. The first-order valence-electron chi connectivity index (χ1n) is 6.28. The summed E-state index contributed by atoms with van der Waals surface area (Å²) in [5, 5.41) is 9.07.